The van der Waals surface area contributed by atoms with Crippen molar-refractivity contribution in [1.82, 2.24) is 9.99 Å². The SMILES string of the molecule is COc1cc(/C=N\NC(=O)c2ccccc2-n2cccc2)c(Br)c(Br)c1OCc1ccc(Cl)c(Cl)c1. The number of rotatable bonds is 8. The van der Waals surface area contributed by atoms with Gasteiger partial charge in [-0.15, -0.1) is 0 Å². The van der Waals surface area contributed by atoms with Crippen LogP contribution in [0.15, 0.2) is 87.1 Å². The number of carbonyl (C=O) groups is 1. The van der Waals surface area contributed by atoms with E-state index in [2.05, 4.69) is 42.4 Å². The molecule has 1 N–H and O–H groups in total. The molecule has 10 heteroatoms. The van der Waals surface area contributed by atoms with Gasteiger partial charge in [-0.3, -0.25) is 4.79 Å². The van der Waals surface area contributed by atoms with Gasteiger partial charge >= 0.3 is 0 Å². The van der Waals surface area contributed by atoms with Gasteiger partial charge in [0, 0.05) is 22.4 Å². The van der Waals surface area contributed by atoms with Crippen LogP contribution < -0.4 is 14.9 Å². The quantitative estimate of drug-likeness (QED) is 0.157. The molecular formula is C26H19Br2Cl2N3O3. The Morgan fingerprint density at radius 1 is 1.03 bits per heavy atom. The summed E-state index contributed by atoms with van der Waals surface area (Å²) in [6.45, 7) is 0.253. The van der Waals surface area contributed by atoms with Gasteiger partial charge in [0.15, 0.2) is 11.5 Å². The number of para-hydroxylation sites is 1. The number of amides is 1. The van der Waals surface area contributed by atoms with Gasteiger partial charge in [0.05, 0.1) is 39.1 Å². The Morgan fingerprint density at radius 3 is 2.50 bits per heavy atom. The molecule has 0 aliphatic carbocycles. The van der Waals surface area contributed by atoms with Crippen LogP contribution in [0.25, 0.3) is 5.69 Å². The van der Waals surface area contributed by atoms with Gasteiger partial charge < -0.3 is 14.0 Å². The van der Waals surface area contributed by atoms with Crippen LogP contribution in [0.1, 0.15) is 21.5 Å². The largest absolute Gasteiger partial charge is 0.493 e. The minimum atomic E-state index is -0.334. The third kappa shape index (κ3) is 5.95. The van der Waals surface area contributed by atoms with Gasteiger partial charge in [-0.2, -0.15) is 5.10 Å². The predicted molar refractivity (Wildman–Crippen MR) is 150 cm³/mol. The summed E-state index contributed by atoms with van der Waals surface area (Å²) in [5.41, 5.74) is 5.36. The lowest BCUT2D eigenvalue weighted by Crippen LogP contribution is -2.19. The molecule has 0 spiro atoms. The molecular weight excluding hydrogens is 633 g/mol. The van der Waals surface area contributed by atoms with Crippen molar-refractivity contribution in [1.29, 1.82) is 0 Å². The van der Waals surface area contributed by atoms with Gasteiger partial charge in [-0.1, -0.05) is 41.4 Å². The van der Waals surface area contributed by atoms with E-state index in [0.29, 0.717) is 41.6 Å². The normalized spacial score (nSPS) is 11.0. The first kappa shape index (κ1) is 26.3. The first-order chi connectivity index (χ1) is 17.4. The Labute approximate surface area is 235 Å². The molecule has 0 aliphatic rings. The number of carbonyl (C=O) groups excluding carboxylic acids is 1. The average molecular weight is 652 g/mol. The molecule has 0 atom stereocenters. The third-order valence-corrected chi connectivity index (χ3v) is 8.03. The maximum Gasteiger partial charge on any atom is 0.273 e. The Bertz CT molecular complexity index is 1430. The number of hydrogen-bond acceptors (Lipinski definition) is 4. The Balaban J connectivity index is 1.51. The van der Waals surface area contributed by atoms with Crippen molar-refractivity contribution < 1.29 is 14.3 Å². The van der Waals surface area contributed by atoms with Crippen LogP contribution in [0, 0.1) is 0 Å². The van der Waals surface area contributed by atoms with Crippen LogP contribution in [0.2, 0.25) is 10.0 Å². The van der Waals surface area contributed by atoms with Gasteiger partial charge in [-0.25, -0.2) is 5.43 Å². The number of benzene rings is 3. The second-order valence-electron chi connectivity index (χ2n) is 7.47. The molecule has 4 aromatic rings. The summed E-state index contributed by atoms with van der Waals surface area (Å²) in [6.07, 6.45) is 5.28. The Kier molecular flexibility index (Phi) is 8.74. The number of ether oxygens (including phenoxy) is 2. The highest BCUT2D eigenvalue weighted by atomic mass is 79.9. The molecule has 0 fully saturated rings. The molecule has 0 radical (unpaired) electrons. The topological polar surface area (TPSA) is 64.8 Å². The van der Waals surface area contributed by atoms with Crippen LogP contribution >= 0.6 is 55.1 Å². The maximum atomic E-state index is 12.8. The highest BCUT2D eigenvalue weighted by molar-refractivity contribution is 9.13. The second kappa shape index (κ2) is 12.0. The summed E-state index contributed by atoms with van der Waals surface area (Å²) in [4.78, 5) is 12.8. The van der Waals surface area contributed by atoms with Crippen molar-refractivity contribution >= 4 is 67.2 Å². The first-order valence-electron chi connectivity index (χ1n) is 10.6. The lowest BCUT2D eigenvalue weighted by Gasteiger charge is -2.15. The summed E-state index contributed by atoms with van der Waals surface area (Å²) < 4.78 is 14.7. The van der Waals surface area contributed by atoms with Gasteiger partial charge in [0.25, 0.3) is 5.91 Å². The van der Waals surface area contributed by atoms with Crippen molar-refractivity contribution in [2.75, 3.05) is 7.11 Å². The molecule has 1 amide bonds. The molecule has 1 heterocycles. The molecule has 0 unspecified atom stereocenters. The van der Waals surface area contributed by atoms with Gasteiger partial charge in [0.2, 0.25) is 0 Å². The van der Waals surface area contributed by atoms with E-state index in [1.54, 1.807) is 37.4 Å². The molecule has 0 aliphatic heterocycles. The number of methoxy groups -OCH3 is 1. The number of nitrogens with one attached hydrogen (secondary N) is 1. The summed E-state index contributed by atoms with van der Waals surface area (Å²) in [5, 5.41) is 5.08. The minimum Gasteiger partial charge on any atom is -0.493 e. The van der Waals surface area contributed by atoms with E-state index in [-0.39, 0.29) is 12.5 Å². The number of nitrogens with zero attached hydrogens (tertiary/aromatic N) is 2. The zero-order chi connectivity index (χ0) is 25.7. The summed E-state index contributed by atoms with van der Waals surface area (Å²) >= 11 is 19.2. The highest BCUT2D eigenvalue weighted by Gasteiger charge is 2.17. The van der Waals surface area contributed by atoms with E-state index in [1.807, 2.05) is 47.3 Å². The molecule has 36 heavy (non-hydrogen) atoms. The minimum absolute atomic E-state index is 0.253. The summed E-state index contributed by atoms with van der Waals surface area (Å²) in [6, 6.07) is 18.1. The van der Waals surface area contributed by atoms with E-state index in [4.69, 9.17) is 32.7 Å². The zero-order valence-electron chi connectivity index (χ0n) is 18.8. The van der Waals surface area contributed by atoms with Crippen molar-refractivity contribution in [3.05, 3.63) is 109 Å². The lowest BCUT2D eigenvalue weighted by molar-refractivity contribution is 0.0955. The number of aromatic nitrogens is 1. The Hall–Kier alpha value is -2.78. The zero-order valence-corrected chi connectivity index (χ0v) is 23.5. The van der Waals surface area contributed by atoms with Crippen LogP contribution in [0.4, 0.5) is 0 Å². The molecule has 4 rings (SSSR count). The summed E-state index contributed by atoms with van der Waals surface area (Å²) in [5.74, 6) is 0.646. The van der Waals surface area contributed by atoms with Crippen LogP contribution in [-0.4, -0.2) is 23.8 Å². The smallest absolute Gasteiger partial charge is 0.273 e. The number of hydrogen-bond donors (Lipinski definition) is 1. The molecule has 3 aromatic carbocycles. The summed E-state index contributed by atoms with van der Waals surface area (Å²) in [7, 11) is 1.54. The van der Waals surface area contributed by atoms with E-state index in [9.17, 15) is 4.79 Å². The molecule has 184 valence electrons. The second-order valence-corrected chi connectivity index (χ2v) is 9.87. The van der Waals surface area contributed by atoms with E-state index < -0.39 is 0 Å². The van der Waals surface area contributed by atoms with Crippen molar-refractivity contribution in [2.24, 2.45) is 5.10 Å². The molecule has 0 bridgehead atoms. The highest BCUT2D eigenvalue weighted by Crippen LogP contribution is 2.42. The molecule has 6 nitrogen and oxygen atoms in total. The average Bonchev–Trinajstić information content (AvgIpc) is 3.43. The van der Waals surface area contributed by atoms with Crippen LogP contribution in [0.5, 0.6) is 11.5 Å². The lowest BCUT2D eigenvalue weighted by atomic mass is 10.1. The van der Waals surface area contributed by atoms with Crippen molar-refractivity contribution in [3.8, 4) is 17.2 Å². The van der Waals surface area contributed by atoms with Crippen LogP contribution in [0.3, 0.4) is 0 Å². The third-order valence-electron chi connectivity index (χ3n) is 5.14. The van der Waals surface area contributed by atoms with Gasteiger partial charge in [0.1, 0.15) is 6.61 Å². The fourth-order valence-electron chi connectivity index (χ4n) is 3.38. The van der Waals surface area contributed by atoms with Gasteiger partial charge in [-0.05, 0) is 79.9 Å². The van der Waals surface area contributed by atoms with E-state index >= 15 is 0 Å². The van der Waals surface area contributed by atoms with E-state index in [1.165, 1.54) is 6.21 Å². The molecule has 0 saturated heterocycles. The number of hydrazone groups is 1. The van der Waals surface area contributed by atoms with E-state index in [0.717, 1.165) is 11.3 Å². The fourth-order valence-corrected chi connectivity index (χ4v) is 4.63. The predicted octanol–water partition coefficient (Wildman–Crippen LogP) is 7.66. The molecule has 1 aromatic heterocycles. The van der Waals surface area contributed by atoms with Crippen molar-refractivity contribution in [2.45, 2.75) is 6.61 Å². The fraction of sp³-hybridized carbons (Fsp3) is 0.0769. The monoisotopic (exact) mass is 649 g/mol. The standard InChI is InChI=1S/C26H19Br2Cl2N3O3/c1-35-22-13-17(23(27)24(28)25(22)36-15-16-8-9-19(29)20(30)12-16)14-31-32-26(34)18-6-2-3-7-21(18)33-10-4-5-11-33/h2-14H,15H2,1H3,(H,32,34)/b31-14-. The first-order valence-corrected chi connectivity index (χ1v) is 12.9. The van der Waals surface area contributed by atoms with Crippen molar-refractivity contribution in [3.63, 3.8) is 0 Å². The van der Waals surface area contributed by atoms with Crippen LogP contribution in [-0.2, 0) is 6.61 Å². The Morgan fingerprint density at radius 2 is 1.78 bits per heavy atom. The maximum absolute atomic E-state index is 12.8. The molecule has 0 saturated carbocycles. The number of halogens is 4.